The summed E-state index contributed by atoms with van der Waals surface area (Å²) in [6.45, 7) is 4.98. The van der Waals surface area contributed by atoms with Crippen LogP contribution in [0.25, 0.3) is 0 Å². The minimum atomic E-state index is -3.68. The van der Waals surface area contributed by atoms with Crippen LogP contribution < -0.4 is 14.8 Å². The van der Waals surface area contributed by atoms with Gasteiger partial charge in [-0.1, -0.05) is 12.1 Å². The number of rotatable bonds is 7. The average Bonchev–Trinajstić information content (AvgIpc) is 2.80. The van der Waals surface area contributed by atoms with Crippen molar-refractivity contribution in [3.63, 3.8) is 0 Å². The van der Waals surface area contributed by atoms with Crippen LogP contribution in [0.5, 0.6) is 11.5 Å². The Morgan fingerprint density at radius 1 is 1.12 bits per heavy atom. The number of aryl methyl sites for hydroxylation is 1. The summed E-state index contributed by atoms with van der Waals surface area (Å²) >= 11 is 0. The average molecular weight is 473 g/mol. The Bertz CT molecular complexity index is 1120. The smallest absolute Gasteiger partial charge is 0.286 e. The van der Waals surface area contributed by atoms with E-state index in [4.69, 9.17) is 9.47 Å². The molecule has 0 aliphatic carbocycles. The molecule has 8 nitrogen and oxygen atoms in total. The van der Waals surface area contributed by atoms with Gasteiger partial charge in [-0.3, -0.25) is 9.80 Å². The number of benzene rings is 2. The number of fused-ring (bicyclic) bond motifs is 1. The van der Waals surface area contributed by atoms with Gasteiger partial charge in [-0.15, -0.1) is 4.40 Å². The van der Waals surface area contributed by atoms with Gasteiger partial charge in [0.25, 0.3) is 10.0 Å². The van der Waals surface area contributed by atoms with Crippen molar-refractivity contribution < 1.29 is 17.9 Å². The normalized spacial score (nSPS) is 18.4. The van der Waals surface area contributed by atoms with E-state index in [1.165, 1.54) is 0 Å². The van der Waals surface area contributed by atoms with Crippen molar-refractivity contribution in [2.45, 2.75) is 37.2 Å². The van der Waals surface area contributed by atoms with E-state index < -0.39 is 10.0 Å². The van der Waals surface area contributed by atoms with Gasteiger partial charge in [-0.05, 0) is 69.7 Å². The molecular formula is C24H32N4O4S. The van der Waals surface area contributed by atoms with Crippen LogP contribution >= 0.6 is 0 Å². The standard InChI is InChI=1S/C24H32N4O4S/c1-17-8-9-20-23(14-17)33(29,30)26-24(25-20)16-27(2)18-10-12-28(13-11-18)15-19-21(31-3)6-5-7-22(19)32-4/h5-9,14,18H,10-13,15-16H2,1-4H3,(H,25,26). The minimum Gasteiger partial charge on any atom is -0.496 e. The van der Waals surface area contributed by atoms with Crippen molar-refractivity contribution >= 4 is 21.5 Å². The lowest BCUT2D eigenvalue weighted by atomic mass is 10.0. The number of likely N-dealkylation sites (tertiary alicyclic amines) is 1. The molecule has 0 unspecified atom stereocenters. The molecule has 4 rings (SSSR count). The first-order valence-corrected chi connectivity index (χ1v) is 12.6. The SMILES string of the molecule is COc1cccc(OC)c1CN1CCC(N(C)CC2=NS(=O)(=O)c3cc(C)ccc3N2)CC1. The van der Waals surface area contributed by atoms with E-state index in [1.54, 1.807) is 20.3 Å². The second kappa shape index (κ2) is 9.70. The molecule has 1 fully saturated rings. The summed E-state index contributed by atoms with van der Waals surface area (Å²) in [4.78, 5) is 4.85. The van der Waals surface area contributed by atoms with Gasteiger partial charge in [0.15, 0.2) is 0 Å². The molecule has 2 aromatic carbocycles. The predicted octanol–water partition coefficient (Wildman–Crippen LogP) is 3.12. The fraction of sp³-hybridized carbons (Fsp3) is 0.458. The van der Waals surface area contributed by atoms with Crippen molar-refractivity contribution in [2.75, 3.05) is 46.2 Å². The first kappa shape index (κ1) is 23.5. The van der Waals surface area contributed by atoms with Gasteiger partial charge in [-0.2, -0.15) is 8.42 Å². The summed E-state index contributed by atoms with van der Waals surface area (Å²) in [5, 5.41) is 3.21. The van der Waals surface area contributed by atoms with Gasteiger partial charge in [0, 0.05) is 12.6 Å². The number of piperidine rings is 1. The highest BCUT2D eigenvalue weighted by molar-refractivity contribution is 7.90. The molecule has 1 saturated heterocycles. The van der Waals surface area contributed by atoms with Gasteiger partial charge >= 0.3 is 0 Å². The molecule has 0 aromatic heterocycles. The number of hydrogen-bond acceptors (Lipinski definition) is 7. The van der Waals surface area contributed by atoms with Gasteiger partial charge in [0.2, 0.25) is 0 Å². The molecule has 1 N–H and O–H groups in total. The van der Waals surface area contributed by atoms with Gasteiger partial charge in [0.05, 0.1) is 32.0 Å². The lowest BCUT2D eigenvalue weighted by Crippen LogP contribution is -2.46. The zero-order valence-electron chi connectivity index (χ0n) is 19.7. The summed E-state index contributed by atoms with van der Waals surface area (Å²) in [6, 6.07) is 11.6. The molecule has 0 saturated carbocycles. The Morgan fingerprint density at radius 3 is 2.42 bits per heavy atom. The monoisotopic (exact) mass is 472 g/mol. The first-order valence-electron chi connectivity index (χ1n) is 11.1. The Balaban J connectivity index is 1.37. The number of nitrogens with one attached hydrogen (secondary N) is 1. The molecule has 0 spiro atoms. The van der Waals surface area contributed by atoms with Crippen LogP contribution in [0.2, 0.25) is 0 Å². The number of methoxy groups -OCH3 is 2. The van der Waals surface area contributed by atoms with E-state index in [2.05, 4.69) is 19.5 Å². The second-order valence-corrected chi connectivity index (χ2v) is 10.3. The van der Waals surface area contributed by atoms with E-state index in [1.807, 2.05) is 44.3 Å². The molecule has 2 aromatic rings. The van der Waals surface area contributed by atoms with E-state index in [0.717, 1.165) is 55.1 Å². The Kier molecular flexibility index (Phi) is 6.92. The van der Waals surface area contributed by atoms with E-state index in [-0.39, 0.29) is 4.90 Å². The van der Waals surface area contributed by atoms with Gasteiger partial charge < -0.3 is 14.8 Å². The molecule has 0 atom stereocenters. The molecule has 178 valence electrons. The zero-order chi connectivity index (χ0) is 23.6. The molecule has 0 amide bonds. The summed E-state index contributed by atoms with van der Waals surface area (Å²) in [7, 11) is 1.72. The maximum absolute atomic E-state index is 12.6. The minimum absolute atomic E-state index is 0.244. The van der Waals surface area contributed by atoms with Crippen LogP contribution in [-0.4, -0.2) is 71.0 Å². The molecule has 2 aliphatic rings. The third-order valence-electron chi connectivity index (χ3n) is 6.42. The van der Waals surface area contributed by atoms with E-state index in [9.17, 15) is 8.42 Å². The number of likely N-dealkylation sites (N-methyl/N-ethyl adjacent to an activating group) is 1. The highest BCUT2D eigenvalue weighted by atomic mass is 32.2. The Hall–Kier alpha value is -2.62. The number of ether oxygens (including phenoxy) is 2. The largest absolute Gasteiger partial charge is 0.496 e. The lowest BCUT2D eigenvalue weighted by molar-refractivity contribution is 0.132. The lowest BCUT2D eigenvalue weighted by Gasteiger charge is -2.37. The Labute approximate surface area is 196 Å². The van der Waals surface area contributed by atoms with Crippen molar-refractivity contribution in [2.24, 2.45) is 4.40 Å². The van der Waals surface area contributed by atoms with Crippen molar-refractivity contribution in [3.05, 3.63) is 47.5 Å². The quantitative estimate of drug-likeness (QED) is 0.663. The van der Waals surface area contributed by atoms with Crippen molar-refractivity contribution in [1.29, 1.82) is 0 Å². The van der Waals surface area contributed by atoms with Crippen molar-refractivity contribution in [3.8, 4) is 11.5 Å². The number of amidine groups is 1. The predicted molar refractivity (Wildman–Crippen MR) is 130 cm³/mol. The van der Waals surface area contributed by atoms with Crippen LogP contribution in [-0.2, 0) is 16.6 Å². The molecule has 2 heterocycles. The maximum Gasteiger partial charge on any atom is 0.286 e. The number of anilines is 1. The third kappa shape index (κ3) is 5.15. The highest BCUT2D eigenvalue weighted by Crippen LogP contribution is 2.31. The fourth-order valence-corrected chi connectivity index (χ4v) is 5.80. The summed E-state index contributed by atoms with van der Waals surface area (Å²) < 4.78 is 40.4. The molecular weight excluding hydrogens is 440 g/mol. The zero-order valence-corrected chi connectivity index (χ0v) is 20.5. The van der Waals surface area contributed by atoms with Crippen LogP contribution in [0, 0.1) is 6.92 Å². The summed E-state index contributed by atoms with van der Waals surface area (Å²) in [5.41, 5.74) is 2.56. The molecule has 0 bridgehead atoms. The topological polar surface area (TPSA) is 83.5 Å². The fourth-order valence-electron chi connectivity index (χ4n) is 4.58. The van der Waals surface area contributed by atoms with Crippen molar-refractivity contribution in [1.82, 2.24) is 9.80 Å². The van der Waals surface area contributed by atoms with Crippen LogP contribution in [0.4, 0.5) is 5.69 Å². The number of nitrogens with zero attached hydrogens (tertiary/aromatic N) is 3. The van der Waals surface area contributed by atoms with Crippen LogP contribution in [0.3, 0.4) is 0 Å². The van der Waals surface area contributed by atoms with E-state index >= 15 is 0 Å². The Morgan fingerprint density at radius 2 is 1.79 bits per heavy atom. The van der Waals surface area contributed by atoms with E-state index in [0.29, 0.717) is 24.1 Å². The van der Waals surface area contributed by atoms with Crippen LogP contribution in [0.15, 0.2) is 45.7 Å². The second-order valence-electron chi connectivity index (χ2n) is 8.70. The molecule has 33 heavy (non-hydrogen) atoms. The maximum atomic E-state index is 12.6. The van der Waals surface area contributed by atoms with Crippen LogP contribution in [0.1, 0.15) is 24.0 Å². The summed E-state index contributed by atoms with van der Waals surface area (Å²) in [5.74, 6) is 2.15. The number of hydrogen-bond donors (Lipinski definition) is 1. The third-order valence-corrected chi connectivity index (χ3v) is 7.77. The molecule has 0 radical (unpaired) electrons. The van der Waals surface area contributed by atoms with Gasteiger partial charge in [-0.25, -0.2) is 0 Å². The highest BCUT2D eigenvalue weighted by Gasteiger charge is 2.28. The molecule has 2 aliphatic heterocycles. The summed E-state index contributed by atoms with van der Waals surface area (Å²) in [6.07, 6.45) is 1.98. The number of sulfonamides is 1. The first-order chi connectivity index (χ1) is 15.8. The van der Waals surface area contributed by atoms with Gasteiger partial charge in [0.1, 0.15) is 22.2 Å². The molecule has 9 heteroatoms.